The van der Waals surface area contributed by atoms with Gasteiger partial charge < -0.3 is 10.4 Å². The van der Waals surface area contributed by atoms with Crippen LogP contribution in [-0.2, 0) is 6.54 Å². The zero-order valence-electron chi connectivity index (χ0n) is 13.0. The summed E-state index contributed by atoms with van der Waals surface area (Å²) in [4.78, 5) is 0. The molecule has 2 nitrogen and oxygen atoms in total. The summed E-state index contributed by atoms with van der Waals surface area (Å²) >= 11 is 0. The Bertz CT molecular complexity index is 489. The second-order valence-electron chi connectivity index (χ2n) is 8.05. The molecule has 0 aromatic heterocycles. The molecule has 1 unspecified atom stereocenters. The summed E-state index contributed by atoms with van der Waals surface area (Å²) in [5.74, 6) is 3.42. The van der Waals surface area contributed by atoms with Gasteiger partial charge >= 0.3 is 0 Å². The monoisotopic (exact) mass is 285 g/mol. The van der Waals surface area contributed by atoms with Gasteiger partial charge in [0.1, 0.15) is 5.75 Å². The second-order valence-corrected chi connectivity index (χ2v) is 8.05. The van der Waals surface area contributed by atoms with Crippen LogP contribution in [0.3, 0.4) is 0 Å². The van der Waals surface area contributed by atoms with Gasteiger partial charge in [-0.15, -0.1) is 0 Å². The number of aromatic hydroxyl groups is 1. The lowest BCUT2D eigenvalue weighted by Gasteiger charge is -2.59. The van der Waals surface area contributed by atoms with Gasteiger partial charge in [-0.1, -0.05) is 12.1 Å². The number of rotatable bonds is 4. The number of nitrogens with one attached hydrogen (secondary N) is 1. The summed E-state index contributed by atoms with van der Waals surface area (Å²) in [5.41, 5.74) is 1.75. The highest BCUT2D eigenvalue weighted by molar-refractivity contribution is 5.27. The van der Waals surface area contributed by atoms with E-state index in [4.69, 9.17) is 0 Å². The molecule has 5 rings (SSSR count). The molecule has 114 valence electrons. The fourth-order valence-corrected chi connectivity index (χ4v) is 5.86. The van der Waals surface area contributed by atoms with Crippen LogP contribution in [0.15, 0.2) is 24.3 Å². The van der Waals surface area contributed by atoms with Crippen molar-refractivity contribution < 1.29 is 5.11 Å². The van der Waals surface area contributed by atoms with Crippen LogP contribution in [0.1, 0.15) is 51.0 Å². The standard InChI is InChI=1S/C19H27NO/c1-13(20-12-14-3-2-4-18(21)8-14)19-9-15-5-16(10-19)7-17(6-15)11-19/h2-4,8,13,15-17,20-21H,5-7,9-12H2,1H3. The minimum absolute atomic E-state index is 0.372. The number of hydrogen-bond acceptors (Lipinski definition) is 2. The van der Waals surface area contributed by atoms with Gasteiger partial charge in [-0.25, -0.2) is 0 Å². The van der Waals surface area contributed by atoms with Crippen molar-refractivity contribution in [2.75, 3.05) is 0 Å². The van der Waals surface area contributed by atoms with E-state index in [2.05, 4.69) is 18.3 Å². The van der Waals surface area contributed by atoms with Crippen molar-refractivity contribution in [3.05, 3.63) is 29.8 Å². The second kappa shape index (κ2) is 5.01. The van der Waals surface area contributed by atoms with Crippen molar-refractivity contribution >= 4 is 0 Å². The average Bonchev–Trinajstić information content (AvgIpc) is 2.43. The molecule has 1 aromatic rings. The molecule has 4 aliphatic rings. The molecule has 4 bridgehead atoms. The molecule has 1 aromatic carbocycles. The predicted molar refractivity (Wildman–Crippen MR) is 85.0 cm³/mol. The Morgan fingerprint density at radius 1 is 1.14 bits per heavy atom. The lowest BCUT2D eigenvalue weighted by Crippen LogP contribution is -2.54. The predicted octanol–water partition coefficient (Wildman–Crippen LogP) is 4.09. The molecule has 2 heteroatoms. The summed E-state index contributed by atoms with van der Waals surface area (Å²) in [6.45, 7) is 3.27. The SMILES string of the molecule is CC(NCc1cccc(O)c1)C12CC3CC(CC(C3)C1)C2. The molecule has 2 N–H and O–H groups in total. The van der Waals surface area contributed by atoms with Crippen LogP contribution in [0.2, 0.25) is 0 Å². The Morgan fingerprint density at radius 3 is 2.33 bits per heavy atom. The van der Waals surface area contributed by atoms with Gasteiger partial charge in [0.25, 0.3) is 0 Å². The first-order chi connectivity index (χ1) is 10.1. The maximum atomic E-state index is 9.58. The van der Waals surface area contributed by atoms with Crippen LogP contribution >= 0.6 is 0 Å². The van der Waals surface area contributed by atoms with Gasteiger partial charge in [-0.05, 0) is 86.3 Å². The van der Waals surface area contributed by atoms with Gasteiger partial charge in [0.05, 0.1) is 0 Å². The summed E-state index contributed by atoms with van der Waals surface area (Å²) in [7, 11) is 0. The van der Waals surface area contributed by atoms with Crippen LogP contribution in [0.4, 0.5) is 0 Å². The third kappa shape index (κ3) is 2.48. The number of hydrogen-bond donors (Lipinski definition) is 2. The number of benzene rings is 1. The highest BCUT2D eigenvalue weighted by atomic mass is 16.3. The van der Waals surface area contributed by atoms with Crippen molar-refractivity contribution in [3.8, 4) is 5.75 Å². The summed E-state index contributed by atoms with van der Waals surface area (Å²) in [6.07, 6.45) is 8.89. The van der Waals surface area contributed by atoms with E-state index in [1.54, 1.807) is 6.07 Å². The first-order valence-corrected chi connectivity index (χ1v) is 8.64. The minimum Gasteiger partial charge on any atom is -0.508 e. The maximum Gasteiger partial charge on any atom is 0.115 e. The quantitative estimate of drug-likeness (QED) is 0.873. The van der Waals surface area contributed by atoms with E-state index in [1.807, 2.05) is 12.1 Å². The molecule has 0 heterocycles. The fraction of sp³-hybridized carbons (Fsp3) is 0.684. The molecule has 21 heavy (non-hydrogen) atoms. The normalized spacial score (nSPS) is 38.6. The summed E-state index contributed by atoms with van der Waals surface area (Å²) in [6, 6.07) is 8.24. The van der Waals surface area contributed by atoms with Crippen molar-refractivity contribution in [3.63, 3.8) is 0 Å². The highest BCUT2D eigenvalue weighted by Gasteiger charge is 2.52. The van der Waals surface area contributed by atoms with Crippen molar-refractivity contribution in [2.24, 2.45) is 23.2 Å². The first-order valence-electron chi connectivity index (χ1n) is 8.64. The van der Waals surface area contributed by atoms with Crippen LogP contribution in [0.25, 0.3) is 0 Å². The van der Waals surface area contributed by atoms with Gasteiger partial charge in [-0.2, -0.15) is 0 Å². The zero-order valence-corrected chi connectivity index (χ0v) is 13.0. The Hall–Kier alpha value is -1.02. The number of phenolic OH excluding ortho intramolecular Hbond substituents is 1. The molecule has 0 spiro atoms. The molecule has 1 atom stereocenters. The Morgan fingerprint density at radius 2 is 1.76 bits per heavy atom. The lowest BCUT2D eigenvalue weighted by atomic mass is 9.48. The highest BCUT2D eigenvalue weighted by Crippen LogP contribution is 2.61. The van der Waals surface area contributed by atoms with Gasteiger partial charge in [0, 0.05) is 12.6 Å². The lowest BCUT2D eigenvalue weighted by molar-refractivity contribution is -0.0706. The number of phenols is 1. The van der Waals surface area contributed by atoms with E-state index in [0.717, 1.165) is 24.3 Å². The van der Waals surface area contributed by atoms with Crippen LogP contribution in [0, 0.1) is 23.2 Å². The molecule has 0 saturated heterocycles. The molecule has 4 aliphatic carbocycles. The Labute approximate surface area is 128 Å². The summed E-state index contributed by atoms with van der Waals surface area (Å²) in [5, 5.41) is 13.4. The average molecular weight is 285 g/mol. The third-order valence-electron chi connectivity index (χ3n) is 6.53. The summed E-state index contributed by atoms with van der Waals surface area (Å²) < 4.78 is 0. The molecule has 0 aliphatic heterocycles. The van der Waals surface area contributed by atoms with E-state index < -0.39 is 0 Å². The first kappa shape index (κ1) is 13.6. The molecular weight excluding hydrogens is 258 g/mol. The van der Waals surface area contributed by atoms with E-state index in [9.17, 15) is 5.11 Å². The zero-order chi connectivity index (χ0) is 14.4. The largest absolute Gasteiger partial charge is 0.508 e. The van der Waals surface area contributed by atoms with Crippen molar-refractivity contribution in [1.29, 1.82) is 0 Å². The molecular formula is C19H27NO. The maximum absolute atomic E-state index is 9.58. The van der Waals surface area contributed by atoms with Crippen LogP contribution in [-0.4, -0.2) is 11.1 Å². The van der Waals surface area contributed by atoms with Crippen LogP contribution < -0.4 is 5.32 Å². The third-order valence-corrected chi connectivity index (χ3v) is 6.53. The van der Waals surface area contributed by atoms with E-state index in [0.29, 0.717) is 17.2 Å². The smallest absolute Gasteiger partial charge is 0.115 e. The van der Waals surface area contributed by atoms with Crippen molar-refractivity contribution in [1.82, 2.24) is 5.32 Å². The van der Waals surface area contributed by atoms with Gasteiger partial charge in [0.2, 0.25) is 0 Å². The molecule has 0 radical (unpaired) electrons. The topological polar surface area (TPSA) is 32.3 Å². The van der Waals surface area contributed by atoms with E-state index in [1.165, 1.54) is 44.1 Å². The molecule has 0 amide bonds. The van der Waals surface area contributed by atoms with E-state index >= 15 is 0 Å². The molecule has 4 saturated carbocycles. The van der Waals surface area contributed by atoms with Crippen molar-refractivity contribution in [2.45, 2.75) is 58.0 Å². The Balaban J connectivity index is 1.44. The fourth-order valence-electron chi connectivity index (χ4n) is 5.86. The van der Waals surface area contributed by atoms with E-state index in [-0.39, 0.29) is 0 Å². The van der Waals surface area contributed by atoms with Gasteiger partial charge in [0.15, 0.2) is 0 Å². The van der Waals surface area contributed by atoms with Crippen LogP contribution in [0.5, 0.6) is 5.75 Å². The van der Waals surface area contributed by atoms with Gasteiger partial charge in [-0.3, -0.25) is 0 Å². The molecule has 4 fully saturated rings. The Kier molecular flexibility index (Phi) is 3.25. The minimum atomic E-state index is 0.372.